The molecule has 2 N–H and O–H groups in total. The Kier molecular flexibility index (Phi) is 6.16. The first-order valence-corrected chi connectivity index (χ1v) is 9.66. The van der Waals surface area contributed by atoms with Gasteiger partial charge < -0.3 is 15.0 Å². The van der Waals surface area contributed by atoms with Gasteiger partial charge in [0.05, 0.1) is 12.2 Å². The minimum absolute atomic E-state index is 0.286. The fourth-order valence-corrected chi connectivity index (χ4v) is 3.63. The number of esters is 1. The normalized spacial score (nSPS) is 10.5. The van der Waals surface area contributed by atoms with Crippen molar-refractivity contribution in [3.63, 3.8) is 0 Å². The predicted molar refractivity (Wildman–Crippen MR) is 109 cm³/mol. The summed E-state index contributed by atoms with van der Waals surface area (Å²) in [4.78, 5) is 33.9. The Morgan fingerprint density at radius 2 is 1.71 bits per heavy atom. The van der Waals surface area contributed by atoms with E-state index in [0.29, 0.717) is 28.2 Å². The van der Waals surface area contributed by atoms with E-state index in [4.69, 9.17) is 4.74 Å². The van der Waals surface area contributed by atoms with Crippen molar-refractivity contribution in [2.45, 2.75) is 30.6 Å². The van der Waals surface area contributed by atoms with Crippen molar-refractivity contribution in [3.05, 3.63) is 71.3 Å². The zero-order valence-corrected chi connectivity index (χ0v) is 16.7. The quantitative estimate of drug-likeness (QED) is 0.596. The number of hydrogen-bond donors (Lipinski definition) is 2. The number of anilines is 1. The topological polar surface area (TPSA) is 84.1 Å². The minimum atomic E-state index is -0.426. The first-order chi connectivity index (χ1) is 13.5. The van der Waals surface area contributed by atoms with Crippen molar-refractivity contribution in [1.29, 1.82) is 0 Å². The van der Waals surface area contributed by atoms with Crippen LogP contribution in [0.3, 0.4) is 0 Å². The monoisotopic (exact) mass is 395 g/mol. The van der Waals surface area contributed by atoms with E-state index in [1.54, 1.807) is 44.9 Å². The molecule has 2 heterocycles. The number of carbonyl (C=O) groups is 2. The number of H-pyrrole nitrogens is 1. The molecule has 0 saturated heterocycles. The van der Waals surface area contributed by atoms with E-state index in [-0.39, 0.29) is 12.5 Å². The van der Waals surface area contributed by atoms with Crippen LogP contribution in [0.2, 0.25) is 0 Å². The molecule has 6 nitrogen and oxygen atoms in total. The molecule has 1 amide bonds. The molecule has 1 aromatic carbocycles. The van der Waals surface area contributed by atoms with Crippen molar-refractivity contribution in [1.82, 2.24) is 9.97 Å². The van der Waals surface area contributed by atoms with Gasteiger partial charge in [0.25, 0.3) is 5.91 Å². The molecular weight excluding hydrogens is 374 g/mol. The lowest BCUT2D eigenvalue weighted by atomic mass is 10.1. The molecule has 0 spiro atoms. The van der Waals surface area contributed by atoms with Crippen molar-refractivity contribution in [2.75, 3.05) is 11.9 Å². The largest absolute Gasteiger partial charge is 0.462 e. The van der Waals surface area contributed by atoms with E-state index >= 15 is 0 Å². The molecule has 0 aliphatic heterocycles. The number of benzene rings is 1. The molecule has 0 atom stereocenters. The van der Waals surface area contributed by atoms with E-state index in [1.165, 1.54) is 0 Å². The number of amides is 1. The number of hydrogen-bond acceptors (Lipinski definition) is 5. The third kappa shape index (κ3) is 4.43. The summed E-state index contributed by atoms with van der Waals surface area (Å²) in [5.74, 6) is -0.726. The van der Waals surface area contributed by atoms with Gasteiger partial charge in [0.1, 0.15) is 5.69 Å². The number of nitrogens with zero attached hydrogens (tertiary/aromatic N) is 1. The van der Waals surface area contributed by atoms with Crippen molar-refractivity contribution in [2.24, 2.45) is 0 Å². The summed E-state index contributed by atoms with van der Waals surface area (Å²) in [6.45, 7) is 5.52. The second kappa shape index (κ2) is 8.75. The van der Waals surface area contributed by atoms with Gasteiger partial charge in [-0.2, -0.15) is 0 Å². The van der Waals surface area contributed by atoms with Gasteiger partial charge >= 0.3 is 5.97 Å². The fourth-order valence-electron chi connectivity index (χ4n) is 2.83. The van der Waals surface area contributed by atoms with Crippen LogP contribution in [0.4, 0.5) is 5.69 Å². The first kappa shape index (κ1) is 19.7. The number of aryl methyl sites for hydroxylation is 1. The molecule has 7 heteroatoms. The standard InChI is InChI=1S/C21H21N3O3S/c1-4-27-21(26)18-13(2)19(23-14(18)3)20(25)24-15-5-7-16(8-6-15)28-17-9-11-22-12-10-17/h5-12,23H,4H2,1-3H3,(H,24,25). The van der Waals surface area contributed by atoms with Gasteiger partial charge in [-0.1, -0.05) is 11.8 Å². The molecule has 0 bridgehead atoms. The van der Waals surface area contributed by atoms with Crippen LogP contribution in [0.5, 0.6) is 0 Å². The lowest BCUT2D eigenvalue weighted by molar-refractivity contribution is 0.0525. The van der Waals surface area contributed by atoms with Gasteiger partial charge in [0.15, 0.2) is 0 Å². The number of rotatable bonds is 6. The maximum Gasteiger partial charge on any atom is 0.340 e. The number of pyridine rings is 1. The van der Waals surface area contributed by atoms with Gasteiger partial charge in [-0.15, -0.1) is 0 Å². The zero-order chi connectivity index (χ0) is 20.1. The summed E-state index contributed by atoms with van der Waals surface area (Å²) in [5, 5.41) is 2.86. The molecule has 2 aromatic heterocycles. The summed E-state index contributed by atoms with van der Waals surface area (Å²) in [5.41, 5.74) is 2.64. The Balaban J connectivity index is 1.71. The Bertz CT molecular complexity index is 982. The Hall–Kier alpha value is -3.06. The van der Waals surface area contributed by atoms with Gasteiger partial charge in [0.2, 0.25) is 0 Å². The fraction of sp³-hybridized carbons (Fsp3) is 0.190. The van der Waals surface area contributed by atoms with Crippen LogP contribution in [-0.2, 0) is 4.74 Å². The molecule has 3 aromatic rings. The lowest BCUT2D eigenvalue weighted by Gasteiger charge is -2.07. The molecule has 144 valence electrons. The molecule has 0 aliphatic carbocycles. The number of aromatic nitrogens is 2. The van der Waals surface area contributed by atoms with Crippen LogP contribution >= 0.6 is 11.8 Å². The third-order valence-electron chi connectivity index (χ3n) is 4.14. The van der Waals surface area contributed by atoms with Gasteiger partial charge in [-0.3, -0.25) is 9.78 Å². The summed E-state index contributed by atoms with van der Waals surface area (Å²) in [6.07, 6.45) is 3.50. The second-order valence-electron chi connectivity index (χ2n) is 6.11. The Morgan fingerprint density at radius 1 is 1.07 bits per heavy atom. The van der Waals surface area contributed by atoms with E-state index in [9.17, 15) is 9.59 Å². The van der Waals surface area contributed by atoms with Crippen LogP contribution in [0.25, 0.3) is 0 Å². The molecule has 0 aliphatic rings. The number of nitrogens with one attached hydrogen (secondary N) is 2. The number of aromatic amines is 1. The first-order valence-electron chi connectivity index (χ1n) is 8.85. The molecule has 0 fully saturated rings. The van der Waals surface area contributed by atoms with Gasteiger partial charge in [0, 0.05) is 33.6 Å². The smallest absolute Gasteiger partial charge is 0.340 e. The van der Waals surface area contributed by atoms with E-state index in [1.807, 2.05) is 36.4 Å². The summed E-state index contributed by atoms with van der Waals surface area (Å²) < 4.78 is 5.07. The second-order valence-corrected chi connectivity index (χ2v) is 7.26. The van der Waals surface area contributed by atoms with Gasteiger partial charge in [-0.05, 0) is 62.7 Å². The van der Waals surface area contributed by atoms with Crippen LogP contribution in [-0.4, -0.2) is 28.5 Å². The van der Waals surface area contributed by atoms with Crippen molar-refractivity contribution >= 4 is 29.3 Å². The minimum Gasteiger partial charge on any atom is -0.462 e. The molecule has 0 radical (unpaired) electrons. The molecule has 0 unspecified atom stereocenters. The van der Waals surface area contributed by atoms with Crippen LogP contribution in [0, 0.1) is 13.8 Å². The maximum atomic E-state index is 12.7. The summed E-state index contributed by atoms with van der Waals surface area (Å²) >= 11 is 1.62. The van der Waals surface area contributed by atoms with E-state index in [2.05, 4.69) is 15.3 Å². The lowest BCUT2D eigenvalue weighted by Crippen LogP contribution is -2.14. The predicted octanol–water partition coefficient (Wildman–Crippen LogP) is 4.61. The van der Waals surface area contributed by atoms with E-state index in [0.717, 1.165) is 9.79 Å². The highest BCUT2D eigenvalue weighted by atomic mass is 32.2. The highest BCUT2D eigenvalue weighted by Gasteiger charge is 2.22. The molecular formula is C21H21N3O3S. The summed E-state index contributed by atoms with van der Waals surface area (Å²) in [6, 6.07) is 11.5. The Labute approximate surface area is 167 Å². The summed E-state index contributed by atoms with van der Waals surface area (Å²) in [7, 11) is 0. The molecule has 28 heavy (non-hydrogen) atoms. The molecule has 0 saturated carbocycles. The molecule has 3 rings (SSSR count). The number of carbonyl (C=O) groups excluding carboxylic acids is 2. The number of ether oxygens (including phenoxy) is 1. The van der Waals surface area contributed by atoms with Gasteiger partial charge in [-0.25, -0.2) is 4.79 Å². The van der Waals surface area contributed by atoms with Crippen molar-refractivity contribution in [3.8, 4) is 0 Å². The van der Waals surface area contributed by atoms with Crippen LogP contribution in [0.1, 0.15) is 39.0 Å². The van der Waals surface area contributed by atoms with E-state index < -0.39 is 5.97 Å². The highest BCUT2D eigenvalue weighted by Crippen LogP contribution is 2.28. The SMILES string of the molecule is CCOC(=O)c1c(C)[nH]c(C(=O)Nc2ccc(Sc3ccncc3)cc2)c1C. The maximum absolute atomic E-state index is 12.7. The van der Waals surface area contributed by atoms with Crippen molar-refractivity contribution < 1.29 is 14.3 Å². The zero-order valence-electron chi connectivity index (χ0n) is 15.9. The average Bonchev–Trinajstić information content (AvgIpc) is 2.99. The van der Waals surface area contributed by atoms with Crippen LogP contribution < -0.4 is 5.32 Å². The average molecular weight is 395 g/mol. The highest BCUT2D eigenvalue weighted by molar-refractivity contribution is 7.99. The third-order valence-corrected chi connectivity index (χ3v) is 5.16. The Morgan fingerprint density at radius 3 is 2.36 bits per heavy atom. The van der Waals surface area contributed by atoms with Crippen LogP contribution in [0.15, 0.2) is 58.6 Å².